The molecule has 0 amide bonds. The lowest BCUT2D eigenvalue weighted by atomic mass is 10.1. The molecule has 0 aliphatic carbocycles. The van der Waals surface area contributed by atoms with Crippen molar-refractivity contribution < 1.29 is 59.3 Å². The number of nitrogens with zero attached hydrogens (tertiary/aromatic N) is 1. The highest BCUT2D eigenvalue weighted by Gasteiger charge is 2.36. The zero-order chi connectivity index (χ0) is 26.1. The van der Waals surface area contributed by atoms with E-state index in [1.54, 1.807) is 0 Å². The summed E-state index contributed by atoms with van der Waals surface area (Å²) < 4.78 is 115. The Hall–Kier alpha value is -3.81. The molecule has 0 N–H and O–H groups in total. The van der Waals surface area contributed by atoms with Crippen LogP contribution in [0.3, 0.4) is 0 Å². The molecule has 14 heteroatoms. The summed E-state index contributed by atoms with van der Waals surface area (Å²) in [6.07, 6.45) is -5.08. The van der Waals surface area contributed by atoms with Crippen LogP contribution in [0.15, 0.2) is 35.5 Å². The minimum Gasteiger partial charge on any atom is -0.466 e. The van der Waals surface area contributed by atoms with E-state index in [0.29, 0.717) is 12.1 Å². The van der Waals surface area contributed by atoms with Crippen molar-refractivity contribution in [2.45, 2.75) is 6.18 Å². The third kappa shape index (κ3) is 5.16. The lowest BCUT2D eigenvalue weighted by Crippen LogP contribution is -2.39. The Kier molecular flexibility index (Phi) is 7.24. The topological polar surface area (TPSA) is 74.3 Å². The SMILES string of the molecule is COC(=O)C1=C(C(=O)OC)N(c2cc(F)c(F)cc2Oc2c(F)cc(C(F)(F)F)cc2F)COC1. The second kappa shape index (κ2) is 9.82. The largest absolute Gasteiger partial charge is 0.466 e. The molecular weight excluding hydrogens is 495 g/mol. The fraction of sp³-hybridized carbons (Fsp3) is 0.238. The van der Waals surface area contributed by atoms with E-state index in [2.05, 4.69) is 9.47 Å². The van der Waals surface area contributed by atoms with Gasteiger partial charge in [-0.1, -0.05) is 0 Å². The first-order valence-electron chi connectivity index (χ1n) is 9.37. The van der Waals surface area contributed by atoms with Crippen molar-refractivity contribution in [1.82, 2.24) is 0 Å². The van der Waals surface area contributed by atoms with Gasteiger partial charge >= 0.3 is 18.1 Å². The normalized spacial score (nSPS) is 14.1. The van der Waals surface area contributed by atoms with Crippen molar-refractivity contribution in [2.75, 3.05) is 32.5 Å². The fourth-order valence-corrected chi connectivity index (χ4v) is 3.08. The van der Waals surface area contributed by atoms with Gasteiger partial charge in [-0.05, 0) is 12.1 Å². The molecule has 0 atom stereocenters. The quantitative estimate of drug-likeness (QED) is 0.436. The average molecular weight is 509 g/mol. The Bertz CT molecular complexity index is 1190. The van der Waals surface area contributed by atoms with Gasteiger partial charge in [0.05, 0.1) is 37.7 Å². The first kappa shape index (κ1) is 25.8. The van der Waals surface area contributed by atoms with E-state index in [0.717, 1.165) is 19.1 Å². The molecule has 1 heterocycles. The minimum absolute atomic E-state index is 0.0584. The standard InChI is InChI=1S/C21H14F7NO6/c1-32-19(30)10-7-34-8-29(17(10)20(31)33-2)15-5-11(22)12(23)6-16(15)35-18-13(24)3-9(4-14(18)25)21(26,27)28/h3-6H,7-8H2,1-2H3. The lowest BCUT2D eigenvalue weighted by molar-refractivity contribution is -0.140. The zero-order valence-electron chi connectivity index (χ0n) is 17.8. The molecule has 0 spiro atoms. The number of esters is 2. The van der Waals surface area contributed by atoms with E-state index in [9.17, 15) is 40.3 Å². The molecule has 2 aromatic rings. The molecule has 1 aliphatic heterocycles. The number of hydrogen-bond acceptors (Lipinski definition) is 7. The lowest BCUT2D eigenvalue weighted by Gasteiger charge is -2.32. The Labute approximate surface area is 192 Å². The summed E-state index contributed by atoms with van der Waals surface area (Å²) in [6.45, 7) is -1.03. The first-order chi connectivity index (χ1) is 16.4. The van der Waals surface area contributed by atoms with Crippen LogP contribution in [-0.2, 0) is 30.0 Å². The molecule has 3 rings (SSSR count). The second-order valence-electron chi connectivity index (χ2n) is 6.82. The smallest absolute Gasteiger partial charge is 0.416 e. The summed E-state index contributed by atoms with van der Waals surface area (Å²) in [7, 11) is 1.94. The van der Waals surface area contributed by atoms with E-state index >= 15 is 0 Å². The number of methoxy groups -OCH3 is 2. The van der Waals surface area contributed by atoms with Crippen LogP contribution in [0.4, 0.5) is 36.4 Å². The van der Waals surface area contributed by atoms with Gasteiger partial charge in [-0.2, -0.15) is 13.2 Å². The fourth-order valence-electron chi connectivity index (χ4n) is 3.08. The molecule has 2 aromatic carbocycles. The van der Waals surface area contributed by atoms with Gasteiger partial charge in [-0.3, -0.25) is 0 Å². The van der Waals surface area contributed by atoms with Crippen molar-refractivity contribution >= 4 is 17.6 Å². The van der Waals surface area contributed by atoms with Gasteiger partial charge in [0.2, 0.25) is 0 Å². The Balaban J connectivity index is 2.18. The van der Waals surface area contributed by atoms with Gasteiger partial charge < -0.3 is 23.8 Å². The summed E-state index contributed by atoms with van der Waals surface area (Å²) in [5, 5.41) is 0. The Morgan fingerprint density at radius 3 is 2.00 bits per heavy atom. The number of rotatable bonds is 5. The molecule has 0 radical (unpaired) electrons. The molecule has 7 nitrogen and oxygen atoms in total. The number of hydrogen-bond donors (Lipinski definition) is 0. The van der Waals surface area contributed by atoms with E-state index in [1.165, 1.54) is 0 Å². The summed E-state index contributed by atoms with van der Waals surface area (Å²) in [6, 6.07) is 0.674. The molecule has 0 saturated carbocycles. The van der Waals surface area contributed by atoms with Crippen molar-refractivity contribution in [3.63, 3.8) is 0 Å². The number of anilines is 1. The zero-order valence-corrected chi connectivity index (χ0v) is 17.8. The maximum atomic E-state index is 14.3. The maximum Gasteiger partial charge on any atom is 0.416 e. The summed E-state index contributed by atoms with van der Waals surface area (Å²) in [5.74, 6) is -11.1. The van der Waals surface area contributed by atoms with Gasteiger partial charge in [0.25, 0.3) is 0 Å². The first-order valence-corrected chi connectivity index (χ1v) is 9.37. The minimum atomic E-state index is -5.08. The van der Waals surface area contributed by atoms with Crippen LogP contribution in [0.25, 0.3) is 0 Å². The molecule has 188 valence electrons. The Morgan fingerprint density at radius 1 is 0.886 bits per heavy atom. The monoisotopic (exact) mass is 509 g/mol. The highest BCUT2D eigenvalue weighted by atomic mass is 19.4. The average Bonchev–Trinajstić information content (AvgIpc) is 2.81. The van der Waals surface area contributed by atoms with Crippen molar-refractivity contribution in [2.24, 2.45) is 0 Å². The van der Waals surface area contributed by atoms with Gasteiger partial charge in [0.15, 0.2) is 34.8 Å². The van der Waals surface area contributed by atoms with Crippen LogP contribution in [0.2, 0.25) is 0 Å². The highest BCUT2D eigenvalue weighted by Crippen LogP contribution is 2.41. The van der Waals surface area contributed by atoms with Crippen LogP contribution in [-0.4, -0.2) is 39.5 Å². The van der Waals surface area contributed by atoms with Crippen LogP contribution < -0.4 is 9.64 Å². The number of alkyl halides is 3. The Morgan fingerprint density at radius 2 is 1.46 bits per heavy atom. The van der Waals surface area contributed by atoms with Crippen molar-refractivity contribution in [1.29, 1.82) is 0 Å². The summed E-state index contributed by atoms with van der Waals surface area (Å²) in [5.41, 5.74) is -3.18. The molecule has 0 unspecified atom stereocenters. The van der Waals surface area contributed by atoms with Gasteiger partial charge in [-0.15, -0.1) is 0 Å². The maximum absolute atomic E-state index is 14.3. The summed E-state index contributed by atoms with van der Waals surface area (Å²) >= 11 is 0. The molecular formula is C21H14F7NO6. The molecule has 0 bridgehead atoms. The number of ether oxygens (including phenoxy) is 4. The molecule has 0 saturated heterocycles. The van der Waals surface area contributed by atoms with Crippen molar-refractivity contribution in [3.8, 4) is 11.5 Å². The van der Waals surface area contributed by atoms with Crippen LogP contribution in [0.5, 0.6) is 11.5 Å². The predicted octanol–water partition coefficient (Wildman–Crippen LogP) is 4.45. The summed E-state index contributed by atoms with van der Waals surface area (Å²) in [4.78, 5) is 25.3. The van der Waals surface area contributed by atoms with E-state index < -0.39 is 88.7 Å². The number of carbonyl (C=O) groups excluding carboxylic acids is 2. The number of benzene rings is 2. The van der Waals surface area contributed by atoms with Gasteiger partial charge in [0, 0.05) is 12.1 Å². The van der Waals surface area contributed by atoms with Gasteiger partial charge in [0.1, 0.15) is 12.4 Å². The van der Waals surface area contributed by atoms with Crippen molar-refractivity contribution in [3.05, 3.63) is 64.4 Å². The number of halogens is 7. The van der Waals surface area contributed by atoms with Crippen LogP contribution in [0, 0.1) is 23.3 Å². The van der Waals surface area contributed by atoms with E-state index in [-0.39, 0.29) is 12.1 Å². The van der Waals surface area contributed by atoms with E-state index in [4.69, 9.17) is 9.47 Å². The third-order valence-corrected chi connectivity index (χ3v) is 4.66. The molecule has 0 aromatic heterocycles. The van der Waals surface area contributed by atoms with E-state index in [1.807, 2.05) is 0 Å². The second-order valence-corrected chi connectivity index (χ2v) is 6.82. The number of carbonyl (C=O) groups is 2. The predicted molar refractivity (Wildman–Crippen MR) is 102 cm³/mol. The highest BCUT2D eigenvalue weighted by molar-refractivity contribution is 6.03. The van der Waals surface area contributed by atoms with Crippen LogP contribution >= 0.6 is 0 Å². The van der Waals surface area contributed by atoms with Gasteiger partial charge in [-0.25, -0.2) is 27.2 Å². The third-order valence-electron chi connectivity index (χ3n) is 4.66. The van der Waals surface area contributed by atoms with Crippen LogP contribution in [0.1, 0.15) is 5.56 Å². The molecule has 0 fully saturated rings. The molecule has 35 heavy (non-hydrogen) atoms. The molecule has 1 aliphatic rings.